The molecule has 0 saturated carbocycles. The average Bonchev–Trinajstić information content (AvgIpc) is 2.77. The molecule has 0 saturated heterocycles. The van der Waals surface area contributed by atoms with Crippen molar-refractivity contribution in [3.8, 4) is 0 Å². The number of hydrogen-bond donors (Lipinski definition) is 1. The molecule has 2 aromatic rings. The molecule has 0 aliphatic heterocycles. The highest BCUT2D eigenvalue weighted by molar-refractivity contribution is 5.95. The van der Waals surface area contributed by atoms with Crippen LogP contribution in [0, 0.1) is 0 Å². The number of H-pyrrole nitrogens is 1. The van der Waals surface area contributed by atoms with E-state index in [1.54, 1.807) is 18.6 Å². The lowest BCUT2D eigenvalue weighted by molar-refractivity contribution is 0.0960. The molecule has 0 aromatic carbocycles. The highest BCUT2D eigenvalue weighted by Crippen LogP contribution is 1.98. The molecule has 0 bridgehead atoms. The standard InChI is InChI=1S/C7H6N4O/c12-7(6-3-9-10-4-6)11-2-1-8-5-11/h1-5H,(H,9,10). The number of nitrogens with zero attached hydrogens (tertiary/aromatic N) is 3. The van der Waals surface area contributed by atoms with Gasteiger partial charge in [0.25, 0.3) is 5.91 Å². The van der Waals surface area contributed by atoms with Crippen molar-refractivity contribution < 1.29 is 4.79 Å². The molecule has 5 nitrogen and oxygen atoms in total. The van der Waals surface area contributed by atoms with E-state index in [4.69, 9.17) is 0 Å². The van der Waals surface area contributed by atoms with E-state index in [-0.39, 0.29) is 5.91 Å². The van der Waals surface area contributed by atoms with Gasteiger partial charge in [0.2, 0.25) is 0 Å². The predicted molar refractivity (Wildman–Crippen MR) is 40.5 cm³/mol. The Hall–Kier alpha value is -1.91. The van der Waals surface area contributed by atoms with Gasteiger partial charge in [-0.25, -0.2) is 4.98 Å². The monoisotopic (exact) mass is 162 g/mol. The van der Waals surface area contributed by atoms with Gasteiger partial charge in [0.1, 0.15) is 6.33 Å². The Kier molecular flexibility index (Phi) is 1.48. The lowest BCUT2D eigenvalue weighted by Crippen LogP contribution is -2.08. The summed E-state index contributed by atoms with van der Waals surface area (Å²) >= 11 is 0. The summed E-state index contributed by atoms with van der Waals surface area (Å²) in [7, 11) is 0. The number of nitrogens with one attached hydrogen (secondary N) is 1. The fourth-order valence-corrected chi connectivity index (χ4v) is 0.896. The third kappa shape index (κ3) is 1.01. The number of hydrogen-bond acceptors (Lipinski definition) is 3. The molecule has 2 aromatic heterocycles. The Morgan fingerprint density at radius 2 is 2.50 bits per heavy atom. The zero-order valence-electron chi connectivity index (χ0n) is 6.14. The molecule has 1 N–H and O–H groups in total. The summed E-state index contributed by atoms with van der Waals surface area (Å²) in [6.07, 6.45) is 7.62. The summed E-state index contributed by atoms with van der Waals surface area (Å²) in [5.41, 5.74) is 0.521. The summed E-state index contributed by atoms with van der Waals surface area (Å²) in [6.45, 7) is 0. The lowest BCUT2D eigenvalue weighted by Gasteiger charge is -1.94. The maximum absolute atomic E-state index is 11.4. The van der Waals surface area contributed by atoms with Crippen molar-refractivity contribution in [1.29, 1.82) is 0 Å². The first kappa shape index (κ1) is 6.78. The van der Waals surface area contributed by atoms with E-state index in [2.05, 4.69) is 15.2 Å². The van der Waals surface area contributed by atoms with Gasteiger partial charge in [-0.05, 0) is 0 Å². The summed E-state index contributed by atoms with van der Waals surface area (Å²) in [5, 5.41) is 6.24. The zero-order valence-corrected chi connectivity index (χ0v) is 6.14. The van der Waals surface area contributed by atoms with Gasteiger partial charge in [-0.3, -0.25) is 14.5 Å². The Bertz CT molecular complexity index is 326. The van der Waals surface area contributed by atoms with Crippen LogP contribution in [0.5, 0.6) is 0 Å². The van der Waals surface area contributed by atoms with Gasteiger partial charge in [-0.2, -0.15) is 5.10 Å². The van der Waals surface area contributed by atoms with Crippen LogP contribution >= 0.6 is 0 Å². The second-order valence-electron chi connectivity index (χ2n) is 2.26. The number of carbonyl (C=O) groups is 1. The van der Waals surface area contributed by atoms with Crippen molar-refractivity contribution in [3.63, 3.8) is 0 Å². The molecule has 2 heterocycles. The number of aromatic nitrogens is 4. The number of rotatable bonds is 1. The van der Waals surface area contributed by atoms with E-state index in [9.17, 15) is 4.79 Å². The van der Waals surface area contributed by atoms with Crippen molar-refractivity contribution in [2.24, 2.45) is 0 Å². The average molecular weight is 162 g/mol. The summed E-state index contributed by atoms with van der Waals surface area (Å²) in [5.74, 6) is -0.138. The Balaban J connectivity index is 2.34. The molecule has 0 spiro atoms. The largest absolute Gasteiger partial charge is 0.285 e. The van der Waals surface area contributed by atoms with Gasteiger partial charge >= 0.3 is 0 Å². The van der Waals surface area contributed by atoms with E-state index in [0.29, 0.717) is 5.56 Å². The van der Waals surface area contributed by atoms with Crippen LogP contribution in [0.3, 0.4) is 0 Å². The fourth-order valence-electron chi connectivity index (χ4n) is 0.896. The van der Waals surface area contributed by atoms with E-state index in [1.165, 1.54) is 17.1 Å². The summed E-state index contributed by atoms with van der Waals surface area (Å²) in [4.78, 5) is 15.2. The van der Waals surface area contributed by atoms with E-state index in [1.807, 2.05) is 0 Å². The Labute approximate surface area is 68.1 Å². The van der Waals surface area contributed by atoms with Crippen molar-refractivity contribution in [2.45, 2.75) is 0 Å². The molecule has 0 radical (unpaired) electrons. The van der Waals surface area contributed by atoms with Crippen LogP contribution < -0.4 is 0 Å². The van der Waals surface area contributed by atoms with E-state index < -0.39 is 0 Å². The van der Waals surface area contributed by atoms with Crippen LogP contribution in [0.1, 0.15) is 10.4 Å². The van der Waals surface area contributed by atoms with Crippen molar-refractivity contribution in [3.05, 3.63) is 36.7 Å². The molecule has 0 fully saturated rings. The van der Waals surface area contributed by atoms with Crippen molar-refractivity contribution in [1.82, 2.24) is 19.7 Å². The first-order chi connectivity index (χ1) is 5.88. The minimum atomic E-state index is -0.138. The molecular formula is C7H6N4O. The van der Waals surface area contributed by atoms with Gasteiger partial charge in [0.05, 0.1) is 11.8 Å². The first-order valence-electron chi connectivity index (χ1n) is 3.39. The number of carbonyl (C=O) groups excluding carboxylic acids is 1. The van der Waals surface area contributed by atoms with Crippen LogP contribution in [-0.4, -0.2) is 25.7 Å². The SMILES string of the molecule is O=C(c1cn[nH]c1)n1ccnc1. The molecule has 12 heavy (non-hydrogen) atoms. The third-order valence-corrected chi connectivity index (χ3v) is 1.48. The fraction of sp³-hybridized carbons (Fsp3) is 0. The van der Waals surface area contributed by atoms with Crippen molar-refractivity contribution >= 4 is 5.91 Å². The molecule has 0 amide bonds. The molecule has 0 aliphatic carbocycles. The number of aromatic amines is 1. The van der Waals surface area contributed by atoms with Gasteiger partial charge in [-0.1, -0.05) is 0 Å². The van der Waals surface area contributed by atoms with E-state index in [0.717, 1.165) is 0 Å². The van der Waals surface area contributed by atoms with Gasteiger partial charge in [0, 0.05) is 18.6 Å². The smallest absolute Gasteiger partial charge is 0.266 e. The van der Waals surface area contributed by atoms with Gasteiger partial charge < -0.3 is 0 Å². The van der Waals surface area contributed by atoms with Crippen LogP contribution in [0.2, 0.25) is 0 Å². The molecule has 60 valence electrons. The van der Waals surface area contributed by atoms with Crippen LogP contribution in [-0.2, 0) is 0 Å². The minimum Gasteiger partial charge on any atom is -0.285 e. The highest BCUT2D eigenvalue weighted by atomic mass is 16.2. The lowest BCUT2D eigenvalue weighted by atomic mass is 10.3. The molecule has 0 aliphatic rings. The van der Waals surface area contributed by atoms with Gasteiger partial charge in [0.15, 0.2) is 0 Å². The molecule has 5 heteroatoms. The summed E-state index contributed by atoms with van der Waals surface area (Å²) < 4.78 is 1.39. The zero-order chi connectivity index (χ0) is 8.39. The Morgan fingerprint density at radius 3 is 3.08 bits per heavy atom. The Morgan fingerprint density at radius 1 is 1.58 bits per heavy atom. The minimum absolute atomic E-state index is 0.138. The summed E-state index contributed by atoms with van der Waals surface area (Å²) in [6, 6.07) is 0. The van der Waals surface area contributed by atoms with Gasteiger partial charge in [-0.15, -0.1) is 0 Å². The molecular weight excluding hydrogens is 156 g/mol. The maximum Gasteiger partial charge on any atom is 0.266 e. The third-order valence-electron chi connectivity index (χ3n) is 1.48. The molecule has 0 unspecified atom stereocenters. The maximum atomic E-state index is 11.4. The topological polar surface area (TPSA) is 63.6 Å². The molecule has 2 rings (SSSR count). The first-order valence-corrected chi connectivity index (χ1v) is 3.39. The highest BCUT2D eigenvalue weighted by Gasteiger charge is 2.07. The van der Waals surface area contributed by atoms with Crippen molar-refractivity contribution in [2.75, 3.05) is 0 Å². The predicted octanol–water partition coefficient (Wildman–Crippen LogP) is 0.295. The second kappa shape index (κ2) is 2.61. The normalized spacial score (nSPS) is 10.0. The van der Waals surface area contributed by atoms with Crippen LogP contribution in [0.25, 0.3) is 0 Å². The van der Waals surface area contributed by atoms with Crippen LogP contribution in [0.15, 0.2) is 31.1 Å². The quantitative estimate of drug-likeness (QED) is 0.655. The number of imidazole rings is 1. The van der Waals surface area contributed by atoms with E-state index >= 15 is 0 Å². The molecule has 0 atom stereocenters. The second-order valence-corrected chi connectivity index (χ2v) is 2.26. The van der Waals surface area contributed by atoms with Crippen LogP contribution in [0.4, 0.5) is 0 Å².